The van der Waals surface area contributed by atoms with Crippen LogP contribution in [0.25, 0.3) is 0 Å². The van der Waals surface area contributed by atoms with Crippen LogP contribution in [0.3, 0.4) is 0 Å². The molecule has 2 N–H and O–H groups in total. The van der Waals surface area contributed by atoms with Crippen molar-refractivity contribution >= 4 is 22.1 Å². The molecule has 0 fully saturated rings. The summed E-state index contributed by atoms with van der Waals surface area (Å²) in [4.78, 5) is 23.1. The maximum atomic E-state index is 12.1. The fourth-order valence-electron chi connectivity index (χ4n) is 1.53. The summed E-state index contributed by atoms with van der Waals surface area (Å²) in [5, 5.41) is 0. The number of carbonyl (C=O) groups excluding carboxylic acids is 2. The largest absolute Gasteiger partial charge is 0.468 e. The van der Waals surface area contributed by atoms with Gasteiger partial charge >= 0.3 is 11.9 Å². The van der Waals surface area contributed by atoms with Gasteiger partial charge in [-0.25, -0.2) is 0 Å². The highest BCUT2D eigenvalue weighted by molar-refractivity contribution is 7.87. The van der Waals surface area contributed by atoms with E-state index in [0.29, 0.717) is 0 Å². The van der Waals surface area contributed by atoms with Gasteiger partial charge in [-0.1, -0.05) is 27.7 Å². The van der Waals surface area contributed by atoms with E-state index >= 15 is 0 Å². The maximum absolute atomic E-state index is 12.1. The van der Waals surface area contributed by atoms with Gasteiger partial charge in [-0.05, 0) is 11.8 Å². The first-order valence-corrected chi connectivity index (χ1v) is 7.99. The van der Waals surface area contributed by atoms with Gasteiger partial charge in [-0.3, -0.25) is 9.59 Å². The molecule has 0 heterocycles. The van der Waals surface area contributed by atoms with E-state index in [1.165, 1.54) is 14.2 Å². The van der Waals surface area contributed by atoms with Crippen molar-refractivity contribution in [2.75, 3.05) is 14.2 Å². The van der Waals surface area contributed by atoms with Crippen molar-refractivity contribution in [3.8, 4) is 0 Å². The quantitative estimate of drug-likeness (QED) is 0.599. The lowest BCUT2D eigenvalue weighted by molar-refractivity contribution is -0.144. The third-order valence-electron chi connectivity index (χ3n) is 2.81. The number of hydrogen-bond donors (Lipinski definition) is 2. The van der Waals surface area contributed by atoms with E-state index in [-0.39, 0.29) is 11.8 Å². The first kappa shape index (κ1) is 19.8. The first-order chi connectivity index (χ1) is 9.55. The number of nitrogens with one attached hydrogen (secondary N) is 2. The van der Waals surface area contributed by atoms with Crippen molar-refractivity contribution in [3.63, 3.8) is 0 Å². The monoisotopic (exact) mass is 324 g/mol. The molecular weight excluding hydrogens is 300 g/mol. The van der Waals surface area contributed by atoms with Crippen molar-refractivity contribution in [2.45, 2.75) is 39.8 Å². The molecule has 2 atom stereocenters. The minimum Gasteiger partial charge on any atom is -0.468 e. The smallest absolute Gasteiger partial charge is 0.324 e. The molecule has 0 aromatic carbocycles. The van der Waals surface area contributed by atoms with Gasteiger partial charge in [0.05, 0.1) is 14.2 Å². The lowest BCUT2D eigenvalue weighted by Crippen LogP contribution is -2.54. The highest BCUT2D eigenvalue weighted by Gasteiger charge is 2.32. The van der Waals surface area contributed by atoms with E-state index in [9.17, 15) is 18.0 Å². The minimum atomic E-state index is -4.08. The summed E-state index contributed by atoms with van der Waals surface area (Å²) in [6, 6.07) is -2.09. The van der Waals surface area contributed by atoms with E-state index in [2.05, 4.69) is 18.9 Å². The van der Waals surface area contributed by atoms with Gasteiger partial charge in [-0.15, -0.1) is 0 Å². The molecule has 0 radical (unpaired) electrons. The molecule has 0 aromatic rings. The molecule has 21 heavy (non-hydrogen) atoms. The number of ether oxygens (including phenoxy) is 2. The Balaban J connectivity index is 5.11. The van der Waals surface area contributed by atoms with Gasteiger partial charge in [-0.2, -0.15) is 17.9 Å². The molecule has 0 saturated heterocycles. The first-order valence-electron chi connectivity index (χ1n) is 6.51. The Morgan fingerprint density at radius 2 is 1.10 bits per heavy atom. The number of esters is 2. The van der Waals surface area contributed by atoms with Crippen LogP contribution in [0.2, 0.25) is 0 Å². The molecule has 0 aliphatic rings. The second-order valence-electron chi connectivity index (χ2n) is 5.23. The second-order valence-corrected chi connectivity index (χ2v) is 6.71. The Morgan fingerprint density at radius 1 is 0.810 bits per heavy atom. The topological polar surface area (TPSA) is 111 Å². The predicted octanol–water partition coefficient (Wildman–Crippen LogP) is -0.194. The molecule has 0 aliphatic heterocycles. The van der Waals surface area contributed by atoms with Crippen LogP contribution in [0.4, 0.5) is 0 Å². The van der Waals surface area contributed by atoms with Crippen molar-refractivity contribution in [1.82, 2.24) is 9.44 Å². The molecule has 0 spiro atoms. The van der Waals surface area contributed by atoms with Crippen LogP contribution in [0.1, 0.15) is 27.7 Å². The summed E-state index contributed by atoms with van der Waals surface area (Å²) in [5.41, 5.74) is 0. The molecule has 8 nitrogen and oxygen atoms in total. The molecule has 0 amide bonds. The maximum Gasteiger partial charge on any atom is 0.324 e. The molecule has 0 aromatic heterocycles. The summed E-state index contributed by atoms with van der Waals surface area (Å²) >= 11 is 0. The number of carbonyl (C=O) groups is 2. The normalized spacial score (nSPS) is 14.9. The summed E-state index contributed by atoms with van der Waals surface area (Å²) in [6.07, 6.45) is 0. The summed E-state index contributed by atoms with van der Waals surface area (Å²) in [5.74, 6) is -2.03. The second kappa shape index (κ2) is 8.30. The van der Waals surface area contributed by atoms with Crippen LogP contribution < -0.4 is 9.44 Å². The predicted molar refractivity (Wildman–Crippen MR) is 76.5 cm³/mol. The van der Waals surface area contributed by atoms with Crippen LogP contribution in [-0.4, -0.2) is 46.7 Å². The van der Waals surface area contributed by atoms with E-state index in [1.54, 1.807) is 27.7 Å². The Labute approximate surface area is 125 Å². The van der Waals surface area contributed by atoms with E-state index < -0.39 is 34.2 Å². The van der Waals surface area contributed by atoms with Crippen molar-refractivity contribution in [1.29, 1.82) is 0 Å². The van der Waals surface area contributed by atoms with Gasteiger partial charge in [0, 0.05) is 0 Å². The van der Waals surface area contributed by atoms with Crippen LogP contribution in [0, 0.1) is 11.8 Å². The van der Waals surface area contributed by atoms with Gasteiger partial charge in [0.2, 0.25) is 0 Å². The average Bonchev–Trinajstić information content (AvgIpc) is 2.40. The van der Waals surface area contributed by atoms with E-state index in [4.69, 9.17) is 0 Å². The van der Waals surface area contributed by atoms with Crippen molar-refractivity contribution in [3.05, 3.63) is 0 Å². The summed E-state index contributed by atoms with van der Waals surface area (Å²) in [6.45, 7) is 6.68. The van der Waals surface area contributed by atoms with Gasteiger partial charge in [0.1, 0.15) is 12.1 Å². The third-order valence-corrected chi connectivity index (χ3v) is 3.94. The fourth-order valence-corrected chi connectivity index (χ4v) is 3.01. The van der Waals surface area contributed by atoms with Gasteiger partial charge in [0.15, 0.2) is 0 Å². The standard InChI is InChI=1S/C12H24N2O6S/c1-7(2)9(11(15)19-5)13-21(17,18)14-10(8(3)4)12(16)20-6/h7-10,13-14H,1-6H3/t9-,10+. The van der Waals surface area contributed by atoms with Crippen LogP contribution >= 0.6 is 0 Å². The van der Waals surface area contributed by atoms with E-state index in [1.807, 2.05) is 0 Å². The van der Waals surface area contributed by atoms with Crippen LogP contribution in [0.5, 0.6) is 0 Å². The summed E-state index contributed by atoms with van der Waals surface area (Å²) in [7, 11) is -1.74. The zero-order valence-electron chi connectivity index (χ0n) is 13.2. The lowest BCUT2D eigenvalue weighted by atomic mass is 10.1. The van der Waals surface area contributed by atoms with E-state index in [0.717, 1.165) is 0 Å². The number of methoxy groups -OCH3 is 2. The van der Waals surface area contributed by atoms with Crippen molar-refractivity contribution in [2.24, 2.45) is 11.8 Å². The zero-order valence-corrected chi connectivity index (χ0v) is 14.0. The molecule has 0 aliphatic carbocycles. The summed E-state index contributed by atoms with van der Waals surface area (Å²) < 4.78 is 37.6. The third kappa shape index (κ3) is 6.40. The molecule has 0 unspecified atom stereocenters. The Morgan fingerprint density at radius 3 is 1.29 bits per heavy atom. The van der Waals surface area contributed by atoms with Crippen molar-refractivity contribution < 1.29 is 27.5 Å². The average molecular weight is 324 g/mol. The van der Waals surface area contributed by atoms with Gasteiger partial charge < -0.3 is 9.47 Å². The molecule has 0 rings (SSSR count). The molecule has 124 valence electrons. The fraction of sp³-hybridized carbons (Fsp3) is 0.833. The molecule has 9 heteroatoms. The van der Waals surface area contributed by atoms with Gasteiger partial charge in [0.25, 0.3) is 10.2 Å². The Kier molecular flexibility index (Phi) is 7.83. The van der Waals surface area contributed by atoms with Crippen LogP contribution in [-0.2, 0) is 29.3 Å². The van der Waals surface area contributed by atoms with Crippen LogP contribution in [0.15, 0.2) is 0 Å². The molecule has 0 saturated carbocycles. The molecular formula is C12H24N2O6S. The SMILES string of the molecule is COC(=O)[C@@H](NS(=O)(=O)N[C@@H](C(=O)OC)C(C)C)C(C)C. The Hall–Kier alpha value is -1.19. The number of hydrogen-bond acceptors (Lipinski definition) is 6. The molecule has 0 bridgehead atoms. The minimum absolute atomic E-state index is 0.315. The zero-order chi connectivity index (χ0) is 16.8. The number of rotatable bonds is 8. The highest BCUT2D eigenvalue weighted by Crippen LogP contribution is 2.08. The highest BCUT2D eigenvalue weighted by atomic mass is 32.2. The Bertz CT molecular complexity index is 424. The lowest BCUT2D eigenvalue weighted by Gasteiger charge is -2.23.